The number of rotatable bonds is 12. The number of hydrogen-bond acceptors (Lipinski definition) is 10. The van der Waals surface area contributed by atoms with Crippen LogP contribution in [0.4, 0.5) is 9.52 Å². The van der Waals surface area contributed by atoms with Crippen molar-refractivity contribution in [3.8, 4) is 17.2 Å². The predicted molar refractivity (Wildman–Crippen MR) is 185 cm³/mol. The van der Waals surface area contributed by atoms with Gasteiger partial charge >= 0.3 is 5.91 Å². The minimum atomic E-state index is -1.13. The fourth-order valence-electron chi connectivity index (χ4n) is 5.53. The van der Waals surface area contributed by atoms with Gasteiger partial charge in [-0.1, -0.05) is 85.0 Å². The van der Waals surface area contributed by atoms with Gasteiger partial charge in [0, 0.05) is 11.3 Å². The number of fused-ring (bicyclic) bond motifs is 1. The lowest BCUT2D eigenvalue weighted by molar-refractivity contribution is -0.132. The Hall–Kier alpha value is -4.94. The molecule has 0 saturated carbocycles. The molecule has 6 rings (SSSR count). The van der Waals surface area contributed by atoms with E-state index in [1.54, 1.807) is 18.2 Å². The summed E-state index contributed by atoms with van der Waals surface area (Å²) in [5.41, 5.74) is 1.35. The predicted octanol–water partition coefficient (Wildman–Crippen LogP) is 7.95. The van der Waals surface area contributed by atoms with Gasteiger partial charge in [0.2, 0.25) is 5.13 Å². The van der Waals surface area contributed by atoms with Crippen molar-refractivity contribution in [2.24, 2.45) is 0 Å². The van der Waals surface area contributed by atoms with E-state index in [4.69, 9.17) is 14.2 Å². The molecule has 1 atom stereocenters. The van der Waals surface area contributed by atoms with Crippen molar-refractivity contribution >= 4 is 56.5 Å². The normalized spacial score (nSPS) is 15.7. The van der Waals surface area contributed by atoms with E-state index in [0.29, 0.717) is 33.8 Å². The highest BCUT2D eigenvalue weighted by Crippen LogP contribution is 2.46. The quantitative estimate of drug-likeness (QED) is 0.0349. The highest BCUT2D eigenvalue weighted by atomic mass is 32.2. The molecule has 9 nitrogen and oxygen atoms in total. The third-order valence-electron chi connectivity index (χ3n) is 7.96. The Morgan fingerprint density at radius 1 is 0.958 bits per heavy atom. The zero-order valence-electron chi connectivity index (χ0n) is 26.4. The first-order valence-corrected chi connectivity index (χ1v) is 17.0. The molecule has 1 unspecified atom stereocenters. The van der Waals surface area contributed by atoms with Crippen LogP contribution in [0.25, 0.3) is 16.5 Å². The number of halogens is 1. The van der Waals surface area contributed by atoms with Crippen molar-refractivity contribution in [1.29, 1.82) is 0 Å². The van der Waals surface area contributed by atoms with Crippen molar-refractivity contribution in [3.05, 3.63) is 107 Å². The lowest BCUT2D eigenvalue weighted by Gasteiger charge is -2.23. The van der Waals surface area contributed by atoms with Crippen LogP contribution < -0.4 is 19.1 Å². The Balaban J connectivity index is 1.40. The van der Waals surface area contributed by atoms with Gasteiger partial charge in [-0.3, -0.25) is 14.5 Å². The number of aliphatic hydroxyl groups is 1. The van der Waals surface area contributed by atoms with Gasteiger partial charge in [0.25, 0.3) is 5.78 Å². The highest BCUT2D eigenvalue weighted by molar-refractivity contribution is 8.00. The SMILES string of the molecule is CCCCOc1ccc(C2/C(=C(\O)c3ccc(OC)c(F)c3)C(=O)C(=O)N2c2nnc(SCc3cccc4ccccc34)s2)cc1OC. The van der Waals surface area contributed by atoms with Crippen molar-refractivity contribution < 1.29 is 33.3 Å². The van der Waals surface area contributed by atoms with E-state index in [1.807, 2.05) is 18.2 Å². The fraction of sp³-hybridized carbons (Fsp3) is 0.222. The molecule has 1 N–H and O–H groups in total. The van der Waals surface area contributed by atoms with Gasteiger partial charge in [-0.05, 0) is 58.7 Å². The zero-order valence-corrected chi connectivity index (χ0v) is 28.1. The van der Waals surface area contributed by atoms with Crippen LogP contribution in [-0.2, 0) is 15.3 Å². The average molecular weight is 686 g/mol. The number of methoxy groups -OCH3 is 2. The summed E-state index contributed by atoms with van der Waals surface area (Å²) in [6.07, 6.45) is 1.80. The maximum atomic E-state index is 14.7. The van der Waals surface area contributed by atoms with E-state index < -0.39 is 29.3 Å². The van der Waals surface area contributed by atoms with E-state index >= 15 is 0 Å². The largest absolute Gasteiger partial charge is 0.507 e. The van der Waals surface area contributed by atoms with Crippen LogP contribution in [0.5, 0.6) is 17.2 Å². The maximum Gasteiger partial charge on any atom is 0.301 e. The number of ether oxygens (including phenoxy) is 3. The molecule has 1 aromatic heterocycles. The van der Waals surface area contributed by atoms with Crippen molar-refractivity contribution in [2.75, 3.05) is 25.7 Å². The van der Waals surface area contributed by atoms with Crippen LogP contribution in [0.15, 0.2) is 88.8 Å². The third-order valence-corrected chi connectivity index (χ3v) is 10.1. The summed E-state index contributed by atoms with van der Waals surface area (Å²) in [6.45, 7) is 2.54. The smallest absolute Gasteiger partial charge is 0.301 e. The van der Waals surface area contributed by atoms with Crippen LogP contribution >= 0.6 is 23.1 Å². The van der Waals surface area contributed by atoms with Crippen LogP contribution in [0.3, 0.4) is 0 Å². The number of nitrogens with zero attached hydrogens (tertiary/aromatic N) is 3. The van der Waals surface area contributed by atoms with Gasteiger partial charge in [0.1, 0.15) is 5.76 Å². The van der Waals surface area contributed by atoms with Crippen LogP contribution in [0.1, 0.15) is 42.5 Å². The molecule has 1 fully saturated rings. The number of Topliss-reactive ketones (excluding diaryl/α,β-unsaturated/α-hetero) is 1. The minimum Gasteiger partial charge on any atom is -0.507 e. The second-order valence-electron chi connectivity index (χ2n) is 10.9. The summed E-state index contributed by atoms with van der Waals surface area (Å²) in [5, 5.41) is 22.6. The van der Waals surface area contributed by atoms with Gasteiger partial charge < -0.3 is 19.3 Å². The lowest BCUT2D eigenvalue weighted by atomic mass is 9.95. The van der Waals surface area contributed by atoms with Gasteiger partial charge in [-0.2, -0.15) is 0 Å². The summed E-state index contributed by atoms with van der Waals surface area (Å²) in [7, 11) is 2.82. The molecule has 1 amide bonds. The zero-order chi connectivity index (χ0) is 33.8. The number of hydrogen-bond donors (Lipinski definition) is 1. The molecular formula is C36H32FN3O6S2. The monoisotopic (exact) mass is 685 g/mol. The Morgan fingerprint density at radius 3 is 2.50 bits per heavy atom. The van der Waals surface area contributed by atoms with E-state index in [2.05, 4.69) is 41.4 Å². The summed E-state index contributed by atoms with van der Waals surface area (Å²) < 4.78 is 31.8. The molecule has 12 heteroatoms. The van der Waals surface area contributed by atoms with Gasteiger partial charge in [-0.15, -0.1) is 10.2 Å². The van der Waals surface area contributed by atoms with Crippen molar-refractivity contribution in [1.82, 2.24) is 10.2 Å². The third kappa shape index (κ3) is 6.45. The molecule has 0 spiro atoms. The number of carbonyl (C=O) groups is 2. The molecule has 4 aromatic carbocycles. The Labute approximate surface area is 285 Å². The number of unbranched alkanes of at least 4 members (excludes halogenated alkanes) is 1. The van der Waals surface area contributed by atoms with Gasteiger partial charge in [-0.25, -0.2) is 4.39 Å². The summed E-state index contributed by atoms with van der Waals surface area (Å²) in [4.78, 5) is 28.7. The molecule has 1 saturated heterocycles. The molecule has 48 heavy (non-hydrogen) atoms. The molecule has 246 valence electrons. The van der Waals surface area contributed by atoms with Crippen LogP contribution in [-0.4, -0.2) is 47.8 Å². The molecule has 0 radical (unpaired) electrons. The van der Waals surface area contributed by atoms with Gasteiger partial charge in [0.15, 0.2) is 27.4 Å². The number of anilines is 1. The first-order chi connectivity index (χ1) is 23.3. The van der Waals surface area contributed by atoms with Gasteiger partial charge in [0.05, 0.1) is 32.4 Å². The standard InChI is InChI=1S/C36H32FN3O6S2/c1-4-5-17-46-28-16-13-22(19-29(28)45-3)31-30(32(41)23-14-15-27(44-2)26(37)18-23)33(42)34(43)40(31)35-38-39-36(48-35)47-20-24-11-8-10-21-9-6-7-12-25(21)24/h6-16,18-19,31,41H,4-5,17,20H2,1-3H3/b32-30+. The summed E-state index contributed by atoms with van der Waals surface area (Å²) in [5.74, 6) is -1.68. The molecule has 2 heterocycles. The van der Waals surface area contributed by atoms with Crippen molar-refractivity contribution in [3.63, 3.8) is 0 Å². The van der Waals surface area contributed by atoms with Crippen molar-refractivity contribution in [2.45, 2.75) is 35.9 Å². The summed E-state index contributed by atoms with van der Waals surface area (Å²) in [6, 6.07) is 22.0. The van der Waals surface area contributed by atoms with E-state index in [1.165, 1.54) is 43.0 Å². The first kappa shape index (κ1) is 33.0. The topological polar surface area (TPSA) is 111 Å². The highest BCUT2D eigenvalue weighted by Gasteiger charge is 2.48. The van der Waals surface area contributed by atoms with E-state index in [9.17, 15) is 19.1 Å². The molecule has 0 aliphatic carbocycles. The maximum absolute atomic E-state index is 14.7. The van der Waals surface area contributed by atoms with E-state index in [0.717, 1.165) is 46.6 Å². The molecular weight excluding hydrogens is 654 g/mol. The average Bonchev–Trinajstić information content (AvgIpc) is 3.68. The number of amides is 1. The molecule has 1 aliphatic rings. The number of carbonyl (C=O) groups excluding carboxylic acids is 2. The number of thioether (sulfide) groups is 1. The number of aliphatic hydroxyl groups excluding tert-OH is 1. The Kier molecular flexibility index (Phi) is 9.93. The fourth-order valence-corrected chi connectivity index (χ4v) is 7.40. The second-order valence-corrected chi connectivity index (χ2v) is 13.1. The second kappa shape index (κ2) is 14.4. The van der Waals surface area contributed by atoms with Crippen LogP contribution in [0, 0.1) is 5.82 Å². The summed E-state index contributed by atoms with van der Waals surface area (Å²) >= 11 is 2.62. The number of benzene rings is 4. The number of aromatic nitrogens is 2. The molecule has 0 bridgehead atoms. The van der Waals surface area contributed by atoms with Crippen LogP contribution in [0.2, 0.25) is 0 Å². The Morgan fingerprint density at radius 2 is 1.73 bits per heavy atom. The first-order valence-electron chi connectivity index (χ1n) is 15.2. The lowest BCUT2D eigenvalue weighted by Crippen LogP contribution is -2.29. The van der Waals surface area contributed by atoms with E-state index in [-0.39, 0.29) is 22.0 Å². The molecule has 1 aliphatic heterocycles. The Bertz CT molecular complexity index is 2030. The minimum absolute atomic E-state index is 0.00591. The number of ketones is 1. The molecule has 5 aromatic rings.